The second-order valence-electron chi connectivity index (χ2n) is 2.31. The van der Waals surface area contributed by atoms with Crippen molar-refractivity contribution in [3.63, 3.8) is 0 Å². The molecule has 0 aliphatic heterocycles. The lowest BCUT2D eigenvalue weighted by molar-refractivity contribution is 0.0565. The zero-order valence-corrected chi connectivity index (χ0v) is 7.70. The third kappa shape index (κ3) is 2.25. The number of hydrogen-bond donors (Lipinski definition) is 1. The van der Waals surface area contributed by atoms with Crippen LogP contribution in [0.2, 0.25) is 0 Å². The Morgan fingerprint density at radius 2 is 2.07 bits per heavy atom. The standard InChI is InChI=1S/C8H9NO5/c1-12-7(10)6-3-5(4-14-6)9-8(11)13-2/h3-4H,1-2H3,(H,9,11). The minimum atomic E-state index is -0.637. The topological polar surface area (TPSA) is 77.8 Å². The van der Waals surface area contributed by atoms with Crippen LogP contribution in [0, 0.1) is 0 Å². The van der Waals surface area contributed by atoms with E-state index in [1.165, 1.54) is 26.5 Å². The Bertz CT molecular complexity index is 343. The monoisotopic (exact) mass is 199 g/mol. The normalized spacial score (nSPS) is 9.29. The maximum atomic E-state index is 10.9. The van der Waals surface area contributed by atoms with Gasteiger partial charge in [-0.25, -0.2) is 9.59 Å². The van der Waals surface area contributed by atoms with E-state index in [4.69, 9.17) is 4.42 Å². The lowest BCUT2D eigenvalue weighted by atomic mass is 10.4. The fourth-order valence-corrected chi connectivity index (χ4v) is 0.778. The van der Waals surface area contributed by atoms with Gasteiger partial charge in [-0.3, -0.25) is 5.32 Å². The molecular formula is C8H9NO5. The van der Waals surface area contributed by atoms with Crippen LogP contribution < -0.4 is 5.32 Å². The van der Waals surface area contributed by atoms with Crippen LogP contribution in [-0.4, -0.2) is 26.3 Å². The van der Waals surface area contributed by atoms with E-state index in [1.54, 1.807) is 0 Å². The Morgan fingerprint density at radius 1 is 1.36 bits per heavy atom. The number of ether oxygens (including phenoxy) is 2. The maximum absolute atomic E-state index is 10.9. The highest BCUT2D eigenvalue weighted by molar-refractivity contribution is 5.90. The van der Waals surface area contributed by atoms with Gasteiger partial charge in [0.15, 0.2) is 0 Å². The molecule has 0 unspecified atom stereocenters. The van der Waals surface area contributed by atoms with E-state index in [0.29, 0.717) is 5.69 Å². The van der Waals surface area contributed by atoms with Crippen molar-refractivity contribution in [3.8, 4) is 0 Å². The Hall–Kier alpha value is -1.98. The Kier molecular flexibility index (Phi) is 3.11. The highest BCUT2D eigenvalue weighted by Crippen LogP contribution is 2.13. The Labute approximate surface area is 79.8 Å². The van der Waals surface area contributed by atoms with Gasteiger partial charge in [0.25, 0.3) is 0 Å². The molecular weight excluding hydrogens is 190 g/mol. The first-order valence-electron chi connectivity index (χ1n) is 3.69. The molecule has 1 aromatic heterocycles. The average Bonchev–Trinajstić information content (AvgIpc) is 2.65. The lowest BCUT2D eigenvalue weighted by Crippen LogP contribution is -2.10. The first-order chi connectivity index (χ1) is 6.67. The van der Waals surface area contributed by atoms with Crippen LogP contribution in [0.5, 0.6) is 0 Å². The molecule has 6 heteroatoms. The van der Waals surface area contributed by atoms with Crippen molar-refractivity contribution in [2.75, 3.05) is 19.5 Å². The van der Waals surface area contributed by atoms with Gasteiger partial charge in [-0.2, -0.15) is 0 Å². The van der Waals surface area contributed by atoms with E-state index < -0.39 is 12.1 Å². The fraction of sp³-hybridized carbons (Fsp3) is 0.250. The third-order valence-electron chi connectivity index (χ3n) is 1.42. The summed E-state index contributed by atoms with van der Waals surface area (Å²) in [5, 5.41) is 2.33. The van der Waals surface area contributed by atoms with Gasteiger partial charge in [-0.1, -0.05) is 0 Å². The van der Waals surface area contributed by atoms with Gasteiger partial charge in [-0.05, 0) is 0 Å². The van der Waals surface area contributed by atoms with Gasteiger partial charge in [0.2, 0.25) is 5.76 Å². The molecule has 76 valence electrons. The molecule has 0 aliphatic rings. The molecule has 0 aromatic carbocycles. The molecule has 0 bridgehead atoms. The summed E-state index contributed by atoms with van der Waals surface area (Å²) in [7, 11) is 2.47. The molecule has 0 atom stereocenters. The Balaban J connectivity index is 2.68. The SMILES string of the molecule is COC(=O)Nc1coc(C(=O)OC)c1. The molecule has 1 N–H and O–H groups in total. The van der Waals surface area contributed by atoms with Crippen molar-refractivity contribution >= 4 is 17.7 Å². The van der Waals surface area contributed by atoms with Crippen LogP contribution in [-0.2, 0) is 9.47 Å². The molecule has 0 aliphatic carbocycles. The van der Waals surface area contributed by atoms with Crippen molar-refractivity contribution in [2.24, 2.45) is 0 Å². The number of methoxy groups -OCH3 is 2. The van der Waals surface area contributed by atoms with Gasteiger partial charge in [-0.15, -0.1) is 0 Å². The van der Waals surface area contributed by atoms with E-state index in [1.807, 2.05) is 0 Å². The molecule has 0 fully saturated rings. The molecule has 1 aromatic rings. The predicted molar refractivity (Wildman–Crippen MR) is 46.1 cm³/mol. The highest BCUT2D eigenvalue weighted by Gasteiger charge is 2.12. The molecule has 14 heavy (non-hydrogen) atoms. The van der Waals surface area contributed by atoms with Gasteiger partial charge in [0.1, 0.15) is 6.26 Å². The predicted octanol–water partition coefficient (Wildman–Crippen LogP) is 1.24. The molecule has 6 nitrogen and oxygen atoms in total. The van der Waals surface area contributed by atoms with E-state index >= 15 is 0 Å². The van der Waals surface area contributed by atoms with Crippen molar-refractivity contribution in [1.82, 2.24) is 0 Å². The number of furan rings is 1. The van der Waals surface area contributed by atoms with Crippen molar-refractivity contribution in [2.45, 2.75) is 0 Å². The molecule has 1 rings (SSSR count). The molecule has 1 heterocycles. The summed E-state index contributed by atoms with van der Waals surface area (Å²) in [6.45, 7) is 0. The summed E-state index contributed by atoms with van der Waals surface area (Å²) in [5.74, 6) is -0.596. The number of rotatable bonds is 2. The summed E-state index contributed by atoms with van der Waals surface area (Å²) < 4.78 is 13.6. The number of esters is 1. The number of carbonyl (C=O) groups is 2. The zero-order valence-electron chi connectivity index (χ0n) is 7.70. The average molecular weight is 199 g/mol. The molecule has 0 radical (unpaired) electrons. The summed E-state index contributed by atoms with van der Waals surface area (Å²) in [4.78, 5) is 21.7. The smallest absolute Gasteiger partial charge is 0.411 e. The Morgan fingerprint density at radius 3 is 2.64 bits per heavy atom. The van der Waals surface area contributed by atoms with Gasteiger partial charge in [0.05, 0.1) is 19.9 Å². The van der Waals surface area contributed by atoms with E-state index in [9.17, 15) is 9.59 Å². The number of carbonyl (C=O) groups excluding carboxylic acids is 2. The van der Waals surface area contributed by atoms with Gasteiger partial charge >= 0.3 is 12.1 Å². The zero-order chi connectivity index (χ0) is 10.6. The molecule has 0 saturated heterocycles. The van der Waals surface area contributed by atoms with Crippen LogP contribution in [0.1, 0.15) is 10.6 Å². The van der Waals surface area contributed by atoms with Crippen molar-refractivity contribution in [1.29, 1.82) is 0 Å². The first kappa shape index (κ1) is 10.1. The number of amides is 1. The van der Waals surface area contributed by atoms with E-state index in [0.717, 1.165) is 0 Å². The second kappa shape index (κ2) is 4.31. The van der Waals surface area contributed by atoms with E-state index in [-0.39, 0.29) is 5.76 Å². The quantitative estimate of drug-likeness (QED) is 0.725. The fourth-order valence-electron chi connectivity index (χ4n) is 0.778. The lowest BCUT2D eigenvalue weighted by Gasteiger charge is -1.97. The minimum Gasteiger partial charge on any atom is -0.463 e. The summed E-state index contributed by atoms with van der Waals surface area (Å²) in [5.41, 5.74) is 0.331. The molecule has 1 amide bonds. The van der Waals surface area contributed by atoms with Crippen LogP contribution in [0.4, 0.5) is 10.5 Å². The van der Waals surface area contributed by atoms with Crippen LogP contribution in [0.25, 0.3) is 0 Å². The number of hydrogen-bond acceptors (Lipinski definition) is 5. The first-order valence-corrected chi connectivity index (χ1v) is 3.69. The highest BCUT2D eigenvalue weighted by atomic mass is 16.5. The minimum absolute atomic E-state index is 0.0129. The third-order valence-corrected chi connectivity index (χ3v) is 1.42. The summed E-state index contributed by atoms with van der Waals surface area (Å²) >= 11 is 0. The number of nitrogens with one attached hydrogen (secondary N) is 1. The van der Waals surface area contributed by atoms with Gasteiger partial charge < -0.3 is 13.9 Å². The number of anilines is 1. The molecule has 0 saturated carbocycles. The van der Waals surface area contributed by atoms with Gasteiger partial charge in [0, 0.05) is 6.07 Å². The summed E-state index contributed by atoms with van der Waals surface area (Å²) in [6, 6.07) is 1.34. The van der Waals surface area contributed by atoms with Crippen LogP contribution in [0.3, 0.4) is 0 Å². The van der Waals surface area contributed by atoms with Crippen molar-refractivity contribution in [3.05, 3.63) is 18.1 Å². The second-order valence-corrected chi connectivity index (χ2v) is 2.31. The molecule has 0 spiro atoms. The summed E-state index contributed by atoms with van der Waals surface area (Å²) in [6.07, 6.45) is 0.575. The van der Waals surface area contributed by atoms with Crippen LogP contribution in [0.15, 0.2) is 16.7 Å². The van der Waals surface area contributed by atoms with E-state index in [2.05, 4.69) is 14.8 Å². The van der Waals surface area contributed by atoms with Crippen LogP contribution >= 0.6 is 0 Å². The maximum Gasteiger partial charge on any atom is 0.411 e. The largest absolute Gasteiger partial charge is 0.463 e. The van der Waals surface area contributed by atoms with Crippen molar-refractivity contribution < 1.29 is 23.5 Å².